The molecule has 2 spiro atoms. The van der Waals surface area contributed by atoms with E-state index in [0.29, 0.717) is 24.2 Å². The lowest BCUT2D eigenvalue weighted by molar-refractivity contribution is -0.304. The molecule has 0 bridgehead atoms. The zero-order valence-corrected chi connectivity index (χ0v) is 18.8. The Morgan fingerprint density at radius 2 is 1.41 bits per heavy atom. The first-order valence-electron chi connectivity index (χ1n) is 10.3. The van der Waals surface area contributed by atoms with Crippen LogP contribution < -0.4 is 0 Å². The first-order valence-corrected chi connectivity index (χ1v) is 10.3. The fourth-order valence-electron chi connectivity index (χ4n) is 5.83. The van der Waals surface area contributed by atoms with E-state index in [1.165, 1.54) is 10.1 Å². The molecule has 2 atom stereocenters. The van der Waals surface area contributed by atoms with Gasteiger partial charge in [0.25, 0.3) is 0 Å². The summed E-state index contributed by atoms with van der Waals surface area (Å²) in [5, 5.41) is 24.7. The molecule has 2 saturated heterocycles. The lowest BCUT2D eigenvalue weighted by atomic mass is 9.60. The Kier molecular flexibility index (Phi) is 3.85. The molecule has 4 rings (SSSR count). The summed E-state index contributed by atoms with van der Waals surface area (Å²) >= 11 is 0. The van der Waals surface area contributed by atoms with Gasteiger partial charge >= 0.3 is 0 Å². The standard InChI is InChI=1S/C22H34N2O5/c1-13-15-14(18(4,5)23(26)17(13,2)3)10-11-21(29-15)16(25)22(12-28-22)20(8,9)24(27)19(21,6)7/h26-27H,1,10-12H2,2-9H3/t21-,22-/m0/s1. The lowest BCUT2D eigenvalue weighted by Crippen LogP contribution is -2.81. The third-order valence-corrected chi connectivity index (χ3v) is 8.29. The van der Waals surface area contributed by atoms with Crippen molar-refractivity contribution in [2.45, 2.75) is 102 Å². The van der Waals surface area contributed by atoms with Crippen LogP contribution in [0.1, 0.15) is 68.2 Å². The van der Waals surface area contributed by atoms with Gasteiger partial charge < -0.3 is 19.9 Å². The Balaban J connectivity index is 1.89. The first-order chi connectivity index (χ1) is 13.0. The van der Waals surface area contributed by atoms with Gasteiger partial charge in [-0.15, -0.1) is 0 Å². The summed E-state index contributed by atoms with van der Waals surface area (Å²) in [5.41, 5.74) is -4.13. The second kappa shape index (κ2) is 5.32. The molecular weight excluding hydrogens is 372 g/mol. The highest BCUT2D eigenvalue weighted by molar-refractivity contribution is 6.01. The van der Waals surface area contributed by atoms with Gasteiger partial charge in [-0.3, -0.25) is 4.79 Å². The maximum absolute atomic E-state index is 13.9. The summed E-state index contributed by atoms with van der Waals surface area (Å²) in [6.07, 6.45) is 0.939. The van der Waals surface area contributed by atoms with Crippen molar-refractivity contribution in [2.24, 2.45) is 0 Å². The van der Waals surface area contributed by atoms with Crippen molar-refractivity contribution in [3.63, 3.8) is 0 Å². The van der Waals surface area contributed by atoms with E-state index < -0.39 is 33.4 Å². The van der Waals surface area contributed by atoms with Crippen LogP contribution in [0.4, 0.5) is 0 Å². The molecule has 4 aliphatic rings. The topological polar surface area (TPSA) is 85.8 Å². The molecule has 0 radical (unpaired) electrons. The zero-order chi connectivity index (χ0) is 22.0. The van der Waals surface area contributed by atoms with Crippen LogP contribution in [0.2, 0.25) is 0 Å². The van der Waals surface area contributed by atoms with E-state index >= 15 is 0 Å². The van der Waals surface area contributed by atoms with Crippen molar-refractivity contribution in [1.82, 2.24) is 10.1 Å². The molecule has 2 fully saturated rings. The van der Waals surface area contributed by atoms with Gasteiger partial charge in [0, 0.05) is 12.0 Å². The lowest BCUT2D eigenvalue weighted by Gasteiger charge is -2.62. The van der Waals surface area contributed by atoms with Gasteiger partial charge in [-0.1, -0.05) is 6.58 Å². The zero-order valence-electron chi connectivity index (χ0n) is 18.8. The molecule has 2 N–H and O–H groups in total. The highest BCUT2D eigenvalue weighted by atomic mass is 16.6. The van der Waals surface area contributed by atoms with Crippen LogP contribution in [0.15, 0.2) is 23.5 Å². The van der Waals surface area contributed by atoms with Crippen molar-refractivity contribution in [3.8, 4) is 0 Å². The third kappa shape index (κ3) is 2.08. The van der Waals surface area contributed by atoms with E-state index in [1.807, 2.05) is 55.4 Å². The molecule has 0 aromatic heterocycles. The molecule has 0 aromatic carbocycles. The van der Waals surface area contributed by atoms with E-state index in [-0.39, 0.29) is 12.4 Å². The van der Waals surface area contributed by atoms with Gasteiger partial charge in [0.05, 0.1) is 28.8 Å². The van der Waals surface area contributed by atoms with Crippen molar-refractivity contribution >= 4 is 5.78 Å². The van der Waals surface area contributed by atoms with Gasteiger partial charge in [0.2, 0.25) is 5.78 Å². The first kappa shape index (κ1) is 21.0. The summed E-state index contributed by atoms with van der Waals surface area (Å²) < 4.78 is 12.3. The summed E-state index contributed by atoms with van der Waals surface area (Å²) in [7, 11) is 0. The van der Waals surface area contributed by atoms with E-state index in [4.69, 9.17) is 9.47 Å². The number of carbonyl (C=O) groups is 1. The van der Waals surface area contributed by atoms with E-state index in [1.54, 1.807) is 0 Å². The van der Waals surface area contributed by atoms with Crippen molar-refractivity contribution in [3.05, 3.63) is 23.5 Å². The minimum atomic E-state index is -1.28. The number of Topliss-reactive ketones (excluding diaryl/α,β-unsaturated/α-hetero) is 1. The van der Waals surface area contributed by atoms with Crippen molar-refractivity contribution in [1.29, 1.82) is 0 Å². The van der Waals surface area contributed by atoms with Crippen LogP contribution in [0.3, 0.4) is 0 Å². The molecule has 0 unspecified atom stereocenters. The van der Waals surface area contributed by atoms with Crippen LogP contribution in [-0.4, -0.2) is 66.3 Å². The molecule has 4 heterocycles. The van der Waals surface area contributed by atoms with Crippen LogP contribution >= 0.6 is 0 Å². The maximum atomic E-state index is 13.9. The average molecular weight is 407 g/mol. The number of piperidine rings is 1. The minimum absolute atomic E-state index is 0.119. The van der Waals surface area contributed by atoms with E-state index in [0.717, 1.165) is 5.57 Å². The predicted molar refractivity (Wildman–Crippen MR) is 106 cm³/mol. The largest absolute Gasteiger partial charge is 0.477 e. The Morgan fingerprint density at radius 1 is 0.897 bits per heavy atom. The molecule has 7 nitrogen and oxygen atoms in total. The number of epoxide rings is 1. The third-order valence-electron chi connectivity index (χ3n) is 8.29. The summed E-state index contributed by atoms with van der Waals surface area (Å²) in [6.45, 7) is 19.5. The normalized spacial score (nSPS) is 40.2. The molecule has 29 heavy (non-hydrogen) atoms. The molecular formula is C22H34N2O5. The Hall–Kier alpha value is -1.25. The monoisotopic (exact) mass is 406 g/mol. The molecule has 162 valence electrons. The van der Waals surface area contributed by atoms with Gasteiger partial charge in [-0.05, 0) is 67.4 Å². The number of nitrogens with zero attached hydrogens (tertiary/aromatic N) is 2. The quantitative estimate of drug-likeness (QED) is 0.598. The van der Waals surface area contributed by atoms with Crippen molar-refractivity contribution < 1.29 is 24.7 Å². The van der Waals surface area contributed by atoms with Crippen LogP contribution in [0.25, 0.3) is 0 Å². The van der Waals surface area contributed by atoms with Gasteiger partial charge in [0.1, 0.15) is 5.76 Å². The van der Waals surface area contributed by atoms with E-state index in [2.05, 4.69) is 6.58 Å². The van der Waals surface area contributed by atoms with Gasteiger partial charge in [0.15, 0.2) is 11.2 Å². The summed E-state index contributed by atoms with van der Waals surface area (Å²) in [5.74, 6) is 0.452. The number of ether oxygens (including phenoxy) is 2. The molecule has 0 aromatic rings. The average Bonchev–Trinajstić information content (AvgIpc) is 3.45. The number of carbonyl (C=O) groups excluding carboxylic acids is 1. The van der Waals surface area contributed by atoms with Crippen molar-refractivity contribution in [2.75, 3.05) is 6.61 Å². The number of hydrogen-bond donors (Lipinski definition) is 2. The number of hydroxylamine groups is 4. The number of rotatable bonds is 0. The van der Waals surface area contributed by atoms with Crippen LogP contribution in [-0.2, 0) is 14.3 Å². The van der Waals surface area contributed by atoms with Crippen LogP contribution in [0, 0.1) is 0 Å². The summed E-state index contributed by atoms with van der Waals surface area (Å²) in [6, 6.07) is 0. The fourth-order valence-corrected chi connectivity index (χ4v) is 5.83. The molecule has 0 saturated carbocycles. The molecule has 7 heteroatoms. The Bertz CT molecular complexity index is 849. The fraction of sp³-hybridized carbons (Fsp3) is 0.773. The second-order valence-electron chi connectivity index (χ2n) is 11.0. The second-order valence-corrected chi connectivity index (χ2v) is 11.0. The highest BCUT2D eigenvalue weighted by Gasteiger charge is 2.79. The smallest absolute Gasteiger partial charge is 0.214 e. The van der Waals surface area contributed by atoms with Gasteiger partial charge in [-0.2, -0.15) is 10.1 Å². The number of ketones is 1. The molecule has 0 aliphatic carbocycles. The number of hydrogen-bond acceptors (Lipinski definition) is 7. The minimum Gasteiger partial charge on any atom is -0.477 e. The highest BCUT2D eigenvalue weighted by Crippen LogP contribution is 2.60. The SMILES string of the molecule is C=C1C2=C(CC[C@]3(O2)C(=O)[C@@]2(CO2)C(C)(C)N(O)C3(C)C)C(C)(C)N(O)C1(C)C. The van der Waals surface area contributed by atoms with Crippen LogP contribution in [0.5, 0.6) is 0 Å². The molecule has 0 amide bonds. The molecule has 4 aliphatic heterocycles. The van der Waals surface area contributed by atoms with E-state index in [9.17, 15) is 15.2 Å². The maximum Gasteiger partial charge on any atom is 0.214 e. The van der Waals surface area contributed by atoms with Gasteiger partial charge in [-0.25, -0.2) is 0 Å². The predicted octanol–water partition coefficient (Wildman–Crippen LogP) is 3.21. The summed E-state index contributed by atoms with van der Waals surface area (Å²) in [4.78, 5) is 13.9. The Morgan fingerprint density at radius 3 is 1.93 bits per heavy atom. The Labute approximate surface area is 172 Å².